The van der Waals surface area contributed by atoms with Crippen LogP contribution in [0.2, 0.25) is 10.0 Å². The molecule has 2 rings (SSSR count). The minimum Gasteiger partial charge on any atom is -0.464 e. The van der Waals surface area contributed by atoms with Crippen LogP contribution in [0.1, 0.15) is 39.2 Å². The molecule has 2 aromatic rings. The number of benzene rings is 1. The average Bonchev–Trinajstić information content (AvgIpc) is 3.00. The Kier molecular flexibility index (Phi) is 6.60. The lowest BCUT2D eigenvalue weighted by Crippen LogP contribution is -2.31. The van der Waals surface area contributed by atoms with Crippen LogP contribution in [0.5, 0.6) is 0 Å². The Morgan fingerprint density at radius 3 is 2.50 bits per heavy atom. The summed E-state index contributed by atoms with van der Waals surface area (Å²) in [7, 11) is 1.30. The first kappa shape index (κ1) is 18.7. The van der Waals surface area contributed by atoms with E-state index in [-0.39, 0.29) is 11.6 Å². The fourth-order valence-corrected chi connectivity index (χ4v) is 3.43. The summed E-state index contributed by atoms with van der Waals surface area (Å²) in [6, 6.07) is 4.74. The van der Waals surface area contributed by atoms with Gasteiger partial charge in [0.05, 0.1) is 13.7 Å². The average molecular weight is 387 g/mol. The van der Waals surface area contributed by atoms with Gasteiger partial charge in [-0.1, -0.05) is 30.1 Å². The molecule has 0 saturated heterocycles. The summed E-state index contributed by atoms with van der Waals surface area (Å²) in [6.07, 6.45) is 0.787. The lowest BCUT2D eigenvalue weighted by atomic mass is 10.2. The van der Waals surface area contributed by atoms with Gasteiger partial charge < -0.3 is 9.64 Å². The topological polar surface area (TPSA) is 59.5 Å². The summed E-state index contributed by atoms with van der Waals surface area (Å²) in [5.74, 6) is -0.677. The van der Waals surface area contributed by atoms with Gasteiger partial charge in [-0.05, 0) is 24.6 Å². The minimum atomic E-state index is -0.493. The van der Waals surface area contributed by atoms with E-state index in [2.05, 4.69) is 9.72 Å². The summed E-state index contributed by atoms with van der Waals surface area (Å²) < 4.78 is 4.64. The SMILES string of the molecule is CCCN(Cc1nc(C(=O)OC)cs1)C(=O)c1cc(Cl)cc(Cl)c1. The molecular weight excluding hydrogens is 371 g/mol. The zero-order valence-corrected chi connectivity index (χ0v) is 15.5. The van der Waals surface area contributed by atoms with E-state index in [4.69, 9.17) is 23.2 Å². The van der Waals surface area contributed by atoms with Gasteiger partial charge >= 0.3 is 5.97 Å². The van der Waals surface area contributed by atoms with Crippen LogP contribution in [0.3, 0.4) is 0 Å². The van der Waals surface area contributed by atoms with Crippen LogP contribution in [-0.2, 0) is 11.3 Å². The molecule has 0 saturated carbocycles. The zero-order chi connectivity index (χ0) is 17.7. The molecule has 0 atom stereocenters. The normalized spacial score (nSPS) is 10.5. The first-order chi connectivity index (χ1) is 11.4. The highest BCUT2D eigenvalue weighted by atomic mass is 35.5. The molecule has 1 aromatic carbocycles. The molecule has 0 unspecified atom stereocenters. The number of esters is 1. The predicted octanol–water partition coefficient (Wildman–Crippen LogP) is 4.29. The summed E-state index contributed by atoms with van der Waals surface area (Å²) in [6.45, 7) is 2.83. The fourth-order valence-electron chi connectivity index (χ4n) is 2.13. The van der Waals surface area contributed by atoms with Crippen molar-refractivity contribution in [2.75, 3.05) is 13.7 Å². The van der Waals surface area contributed by atoms with E-state index in [1.807, 2.05) is 6.92 Å². The molecule has 0 aliphatic carbocycles. The predicted molar refractivity (Wildman–Crippen MR) is 94.9 cm³/mol. The van der Waals surface area contributed by atoms with Gasteiger partial charge in [-0.3, -0.25) is 4.79 Å². The summed E-state index contributed by atoms with van der Waals surface area (Å²) in [5, 5.41) is 3.09. The molecule has 8 heteroatoms. The van der Waals surface area contributed by atoms with Crippen molar-refractivity contribution in [2.24, 2.45) is 0 Å². The lowest BCUT2D eigenvalue weighted by molar-refractivity contribution is 0.0594. The molecule has 5 nitrogen and oxygen atoms in total. The number of halogens is 2. The van der Waals surface area contributed by atoms with Crippen molar-refractivity contribution in [3.63, 3.8) is 0 Å². The quantitative estimate of drug-likeness (QED) is 0.694. The molecule has 0 radical (unpaired) electrons. The molecule has 0 spiro atoms. The maximum Gasteiger partial charge on any atom is 0.357 e. The van der Waals surface area contributed by atoms with Crippen molar-refractivity contribution in [3.8, 4) is 0 Å². The van der Waals surface area contributed by atoms with Gasteiger partial charge in [-0.15, -0.1) is 11.3 Å². The van der Waals surface area contributed by atoms with E-state index in [1.54, 1.807) is 28.5 Å². The van der Waals surface area contributed by atoms with Crippen molar-refractivity contribution in [1.82, 2.24) is 9.88 Å². The highest BCUT2D eigenvalue weighted by molar-refractivity contribution is 7.09. The van der Waals surface area contributed by atoms with Crippen LogP contribution >= 0.6 is 34.5 Å². The van der Waals surface area contributed by atoms with Gasteiger partial charge in [0.15, 0.2) is 5.69 Å². The van der Waals surface area contributed by atoms with Crippen molar-refractivity contribution >= 4 is 46.4 Å². The molecular formula is C16H16Cl2N2O3S. The number of nitrogens with zero attached hydrogens (tertiary/aromatic N) is 2. The van der Waals surface area contributed by atoms with Crippen LogP contribution < -0.4 is 0 Å². The third-order valence-electron chi connectivity index (χ3n) is 3.16. The molecule has 24 heavy (non-hydrogen) atoms. The molecule has 0 bridgehead atoms. The minimum absolute atomic E-state index is 0.184. The van der Waals surface area contributed by atoms with Gasteiger partial charge in [0.1, 0.15) is 5.01 Å². The highest BCUT2D eigenvalue weighted by Gasteiger charge is 2.19. The molecule has 0 aliphatic heterocycles. The molecule has 128 valence electrons. The number of hydrogen-bond acceptors (Lipinski definition) is 5. The maximum absolute atomic E-state index is 12.7. The Bertz CT molecular complexity index is 728. The number of methoxy groups -OCH3 is 1. The Morgan fingerprint density at radius 1 is 1.25 bits per heavy atom. The highest BCUT2D eigenvalue weighted by Crippen LogP contribution is 2.21. The number of thiazole rings is 1. The van der Waals surface area contributed by atoms with Crippen molar-refractivity contribution < 1.29 is 14.3 Å². The van der Waals surface area contributed by atoms with E-state index in [0.717, 1.165) is 6.42 Å². The number of amides is 1. The zero-order valence-electron chi connectivity index (χ0n) is 13.2. The van der Waals surface area contributed by atoms with Gasteiger partial charge in [-0.2, -0.15) is 0 Å². The summed E-state index contributed by atoms with van der Waals surface area (Å²) >= 11 is 13.3. The Hall–Kier alpha value is -1.63. The Morgan fingerprint density at radius 2 is 1.92 bits per heavy atom. The fraction of sp³-hybridized carbons (Fsp3) is 0.312. The van der Waals surface area contributed by atoms with Gasteiger partial charge in [0, 0.05) is 27.5 Å². The van der Waals surface area contributed by atoms with E-state index < -0.39 is 5.97 Å². The van der Waals surface area contributed by atoms with Gasteiger partial charge in [0.25, 0.3) is 5.91 Å². The van der Waals surface area contributed by atoms with Crippen molar-refractivity contribution in [3.05, 3.63) is 49.9 Å². The Labute approximate surface area is 154 Å². The van der Waals surface area contributed by atoms with Crippen LogP contribution in [0, 0.1) is 0 Å². The molecule has 0 N–H and O–H groups in total. The smallest absolute Gasteiger partial charge is 0.357 e. The second kappa shape index (κ2) is 8.46. The number of aromatic nitrogens is 1. The molecule has 1 aromatic heterocycles. The summed E-state index contributed by atoms with van der Waals surface area (Å²) in [5.41, 5.74) is 0.665. The number of hydrogen-bond donors (Lipinski definition) is 0. The lowest BCUT2D eigenvalue weighted by Gasteiger charge is -2.21. The number of rotatable bonds is 6. The Balaban J connectivity index is 2.20. The number of carbonyl (C=O) groups is 2. The first-order valence-corrected chi connectivity index (χ1v) is 8.86. The molecule has 0 aliphatic rings. The number of ether oxygens (including phenoxy) is 1. The third-order valence-corrected chi connectivity index (χ3v) is 4.43. The largest absolute Gasteiger partial charge is 0.464 e. The van der Waals surface area contributed by atoms with Crippen LogP contribution in [0.25, 0.3) is 0 Å². The van der Waals surface area contributed by atoms with Crippen LogP contribution in [-0.4, -0.2) is 35.4 Å². The third kappa shape index (κ3) is 4.69. The van der Waals surface area contributed by atoms with E-state index >= 15 is 0 Å². The maximum atomic E-state index is 12.7. The van der Waals surface area contributed by atoms with E-state index in [1.165, 1.54) is 18.4 Å². The van der Waals surface area contributed by atoms with Gasteiger partial charge in [-0.25, -0.2) is 9.78 Å². The first-order valence-electron chi connectivity index (χ1n) is 7.22. The van der Waals surface area contributed by atoms with Crippen LogP contribution in [0.4, 0.5) is 0 Å². The van der Waals surface area contributed by atoms with E-state index in [0.29, 0.717) is 33.7 Å². The van der Waals surface area contributed by atoms with Crippen molar-refractivity contribution in [2.45, 2.75) is 19.9 Å². The summed E-state index contributed by atoms with van der Waals surface area (Å²) in [4.78, 5) is 30.1. The molecule has 0 fully saturated rings. The second-order valence-electron chi connectivity index (χ2n) is 5.00. The molecule has 1 heterocycles. The van der Waals surface area contributed by atoms with E-state index in [9.17, 15) is 9.59 Å². The van der Waals surface area contributed by atoms with Crippen molar-refractivity contribution in [1.29, 1.82) is 0 Å². The second-order valence-corrected chi connectivity index (χ2v) is 6.82. The van der Waals surface area contributed by atoms with Crippen LogP contribution in [0.15, 0.2) is 23.6 Å². The standard InChI is InChI=1S/C16H16Cl2N2O3S/c1-3-4-20(8-14-19-13(9-24-14)16(22)23-2)15(21)10-5-11(17)7-12(18)6-10/h5-7,9H,3-4,8H2,1-2H3. The number of carbonyl (C=O) groups excluding carboxylic acids is 2. The molecule has 1 amide bonds. The monoisotopic (exact) mass is 386 g/mol. The van der Waals surface area contributed by atoms with Gasteiger partial charge in [0.2, 0.25) is 0 Å².